The minimum atomic E-state index is -0.943. The highest BCUT2D eigenvalue weighted by Crippen LogP contribution is 2.28. The molecule has 0 bridgehead atoms. The van der Waals surface area contributed by atoms with Gasteiger partial charge in [0, 0.05) is 17.9 Å². The second-order valence-corrected chi connectivity index (χ2v) is 6.66. The molecule has 0 aliphatic rings. The van der Waals surface area contributed by atoms with E-state index < -0.39 is 12.1 Å². The van der Waals surface area contributed by atoms with Crippen molar-refractivity contribution in [3.63, 3.8) is 0 Å². The smallest absolute Gasteiger partial charge is 0.232 e. The summed E-state index contributed by atoms with van der Waals surface area (Å²) in [5.74, 6) is 0.766. The normalized spacial score (nSPS) is 14.7. The minimum absolute atomic E-state index is 0.294. The molecule has 0 aliphatic heterocycles. The van der Waals surface area contributed by atoms with Gasteiger partial charge in [0.25, 0.3) is 0 Å². The van der Waals surface area contributed by atoms with Gasteiger partial charge in [-0.3, -0.25) is 10.1 Å². The summed E-state index contributed by atoms with van der Waals surface area (Å²) in [7, 11) is 1.61. The zero-order valence-corrected chi connectivity index (χ0v) is 15.6. The van der Waals surface area contributed by atoms with E-state index in [2.05, 4.69) is 0 Å². The molecule has 26 heavy (non-hydrogen) atoms. The molecule has 2 aromatic rings. The maximum atomic E-state index is 11.4. The van der Waals surface area contributed by atoms with Gasteiger partial charge in [0.05, 0.1) is 7.11 Å². The van der Waals surface area contributed by atoms with Gasteiger partial charge in [-0.15, -0.1) is 0 Å². The fourth-order valence-corrected chi connectivity index (χ4v) is 3.00. The predicted octanol–water partition coefficient (Wildman–Crippen LogP) is 4.03. The van der Waals surface area contributed by atoms with Crippen LogP contribution in [0.2, 0.25) is 0 Å². The molecule has 6 heteroatoms. The Balaban J connectivity index is 2.22. The number of hydrogen-bond donors (Lipinski definition) is 1. The van der Waals surface area contributed by atoms with Crippen LogP contribution < -0.4 is 4.74 Å². The number of hydroxylamine groups is 2. The maximum Gasteiger partial charge on any atom is 0.232 e. The van der Waals surface area contributed by atoms with Crippen molar-refractivity contribution in [1.29, 1.82) is 0 Å². The van der Waals surface area contributed by atoms with Crippen LogP contribution in [-0.4, -0.2) is 34.4 Å². The molecule has 1 N–H and O–H groups in total. The second kappa shape index (κ2) is 8.78. The minimum Gasteiger partial charge on any atom is -0.497 e. The third kappa shape index (κ3) is 4.80. The quantitative estimate of drug-likeness (QED) is 0.569. The highest BCUT2D eigenvalue weighted by atomic mass is 16.6. The van der Waals surface area contributed by atoms with Crippen molar-refractivity contribution in [1.82, 2.24) is 5.06 Å². The van der Waals surface area contributed by atoms with Crippen LogP contribution in [0.4, 0.5) is 0 Å². The average molecular weight is 358 g/mol. The first-order chi connectivity index (χ1) is 12.3. The van der Waals surface area contributed by atoms with Crippen molar-refractivity contribution in [2.45, 2.75) is 45.3 Å². The summed E-state index contributed by atoms with van der Waals surface area (Å²) in [6.45, 7) is 5.34. The van der Waals surface area contributed by atoms with Crippen molar-refractivity contribution in [2.24, 2.45) is 0 Å². The number of ether oxygens (including phenoxy) is 1. The Kier molecular flexibility index (Phi) is 6.71. The van der Waals surface area contributed by atoms with Crippen LogP contribution >= 0.6 is 0 Å². The number of nitrogens with zero attached hydrogens (tertiary/aromatic N) is 2. The first-order valence-electron chi connectivity index (χ1n) is 8.63. The van der Waals surface area contributed by atoms with E-state index in [4.69, 9.17) is 4.74 Å². The van der Waals surface area contributed by atoms with Gasteiger partial charge in [0.2, 0.25) is 6.04 Å². The molecule has 3 unspecified atom stereocenters. The maximum absolute atomic E-state index is 11.4. The Morgan fingerprint density at radius 2 is 1.69 bits per heavy atom. The van der Waals surface area contributed by atoms with Gasteiger partial charge in [-0.05, 0) is 43.5 Å². The van der Waals surface area contributed by atoms with Crippen LogP contribution in [0.5, 0.6) is 5.75 Å². The highest BCUT2D eigenvalue weighted by Gasteiger charge is 2.35. The second-order valence-electron chi connectivity index (χ2n) is 6.66. The summed E-state index contributed by atoms with van der Waals surface area (Å²) in [5, 5.41) is 23.3. The number of aryl methyl sites for hydroxylation is 1. The molecule has 2 rings (SSSR count). The van der Waals surface area contributed by atoms with E-state index >= 15 is 0 Å². The lowest BCUT2D eigenvalue weighted by Gasteiger charge is -2.32. The summed E-state index contributed by atoms with van der Waals surface area (Å²) in [4.78, 5) is 11.0. The molecule has 140 valence electrons. The molecule has 0 saturated carbocycles. The van der Waals surface area contributed by atoms with Gasteiger partial charge in [-0.25, -0.2) is 0 Å². The molecule has 3 atom stereocenters. The molecule has 0 fully saturated rings. The van der Waals surface area contributed by atoms with Gasteiger partial charge >= 0.3 is 0 Å². The third-order valence-corrected chi connectivity index (χ3v) is 4.64. The average Bonchev–Trinajstić information content (AvgIpc) is 2.63. The van der Waals surface area contributed by atoms with Crippen LogP contribution in [0.15, 0.2) is 48.5 Å². The molecule has 0 radical (unpaired) electrons. The van der Waals surface area contributed by atoms with Gasteiger partial charge in [-0.1, -0.05) is 42.0 Å². The van der Waals surface area contributed by atoms with E-state index in [1.54, 1.807) is 7.11 Å². The van der Waals surface area contributed by atoms with Crippen molar-refractivity contribution in [3.8, 4) is 5.75 Å². The van der Waals surface area contributed by atoms with Gasteiger partial charge in [0.15, 0.2) is 0 Å². The molecular weight excluding hydrogens is 332 g/mol. The third-order valence-electron chi connectivity index (χ3n) is 4.64. The van der Waals surface area contributed by atoms with Crippen LogP contribution in [-0.2, 0) is 6.42 Å². The molecule has 0 aromatic heterocycles. The lowest BCUT2D eigenvalue weighted by Crippen LogP contribution is -2.42. The molecule has 0 heterocycles. The fourth-order valence-electron chi connectivity index (χ4n) is 3.00. The van der Waals surface area contributed by atoms with Gasteiger partial charge in [-0.2, -0.15) is 5.06 Å². The molecule has 6 nitrogen and oxygen atoms in total. The van der Waals surface area contributed by atoms with Gasteiger partial charge in [0.1, 0.15) is 11.8 Å². The summed E-state index contributed by atoms with van der Waals surface area (Å²) < 4.78 is 5.15. The molecule has 0 saturated heterocycles. The number of hydrogen-bond acceptors (Lipinski definition) is 5. The van der Waals surface area contributed by atoms with Crippen molar-refractivity contribution < 1.29 is 14.9 Å². The van der Waals surface area contributed by atoms with Crippen molar-refractivity contribution >= 4 is 0 Å². The molecule has 0 spiro atoms. The zero-order valence-electron chi connectivity index (χ0n) is 15.6. The van der Waals surface area contributed by atoms with E-state index in [0.29, 0.717) is 6.42 Å². The SMILES string of the molecule is COc1ccc(CC(C)N(O)C(c2ccc(C)cc2)C(C)[N+](=O)[O-])cc1. The number of rotatable bonds is 8. The fraction of sp³-hybridized carbons (Fsp3) is 0.400. The lowest BCUT2D eigenvalue weighted by atomic mass is 9.97. The Morgan fingerprint density at radius 1 is 1.12 bits per heavy atom. The van der Waals surface area contributed by atoms with E-state index in [9.17, 15) is 15.3 Å². The van der Waals surface area contributed by atoms with E-state index in [1.165, 1.54) is 6.92 Å². The highest BCUT2D eigenvalue weighted by molar-refractivity contribution is 5.28. The zero-order chi connectivity index (χ0) is 19.3. The first kappa shape index (κ1) is 19.9. The monoisotopic (exact) mass is 358 g/mol. The Morgan fingerprint density at radius 3 is 2.19 bits per heavy atom. The Hall–Kier alpha value is -2.44. The largest absolute Gasteiger partial charge is 0.497 e. The molecule has 0 amide bonds. The summed E-state index contributed by atoms with van der Waals surface area (Å²) in [5.41, 5.74) is 2.81. The summed E-state index contributed by atoms with van der Waals surface area (Å²) in [6.07, 6.45) is 0.563. The van der Waals surface area contributed by atoms with Crippen molar-refractivity contribution in [3.05, 3.63) is 75.3 Å². The Bertz CT molecular complexity index is 716. The predicted molar refractivity (Wildman–Crippen MR) is 100 cm³/mol. The summed E-state index contributed by atoms with van der Waals surface area (Å²) in [6, 6.07) is 13.1. The molecule has 2 aromatic carbocycles. The number of nitro groups is 1. The standard InChI is InChI=1S/C20H26N2O4/c1-14-5-9-18(10-6-14)20(16(3)22(24)25)21(23)15(2)13-17-7-11-19(26-4)12-8-17/h5-12,15-16,20,23H,13H2,1-4H3. The summed E-state index contributed by atoms with van der Waals surface area (Å²) >= 11 is 0. The van der Waals surface area contributed by atoms with Crippen LogP contribution in [0, 0.1) is 17.0 Å². The van der Waals surface area contributed by atoms with Crippen LogP contribution in [0.25, 0.3) is 0 Å². The number of benzene rings is 2. The van der Waals surface area contributed by atoms with Crippen molar-refractivity contribution in [2.75, 3.05) is 7.11 Å². The molecule has 0 aliphatic carbocycles. The first-order valence-corrected chi connectivity index (χ1v) is 8.63. The Labute approximate surface area is 154 Å². The van der Waals surface area contributed by atoms with Gasteiger partial charge < -0.3 is 9.94 Å². The number of methoxy groups -OCH3 is 1. The lowest BCUT2D eigenvalue weighted by molar-refractivity contribution is -0.533. The molecular formula is C20H26N2O4. The topological polar surface area (TPSA) is 75.8 Å². The van der Waals surface area contributed by atoms with E-state index in [-0.39, 0.29) is 11.0 Å². The van der Waals surface area contributed by atoms with E-state index in [0.717, 1.165) is 27.5 Å². The van der Waals surface area contributed by atoms with Crippen LogP contribution in [0.1, 0.15) is 36.6 Å². The van der Waals surface area contributed by atoms with Crippen LogP contribution in [0.3, 0.4) is 0 Å². The van der Waals surface area contributed by atoms with E-state index in [1.807, 2.05) is 62.4 Å².